The molecule has 1 rings (SSSR count). The molecule has 0 aliphatic heterocycles. The maximum atomic E-state index is 13.3. The summed E-state index contributed by atoms with van der Waals surface area (Å²) in [5.41, 5.74) is -0.785. The minimum atomic E-state index is -4.15. The number of rotatable bonds is 5. The number of aromatic carboxylic acids is 1. The van der Waals surface area contributed by atoms with Gasteiger partial charge < -0.3 is 10.4 Å². The first-order valence-corrected chi connectivity index (χ1v) is 7.24. The lowest BCUT2D eigenvalue weighted by Gasteiger charge is -2.13. The molecule has 0 spiro atoms. The molecule has 1 atom stereocenters. The number of terminal acetylenes is 1. The minimum Gasteiger partial charge on any atom is -0.478 e. The summed E-state index contributed by atoms with van der Waals surface area (Å²) in [7, 11) is -4.15. The van der Waals surface area contributed by atoms with Crippen LogP contribution in [-0.4, -0.2) is 37.2 Å². The van der Waals surface area contributed by atoms with Crippen molar-refractivity contribution in [1.29, 1.82) is 0 Å². The van der Waals surface area contributed by atoms with Crippen molar-refractivity contribution in [2.24, 2.45) is 0 Å². The van der Waals surface area contributed by atoms with E-state index in [0.29, 0.717) is 6.07 Å². The van der Waals surface area contributed by atoms with Crippen LogP contribution in [0, 0.1) is 18.2 Å². The van der Waals surface area contributed by atoms with Crippen LogP contribution in [0.3, 0.4) is 0 Å². The summed E-state index contributed by atoms with van der Waals surface area (Å²) < 4.78 is 37.6. The van der Waals surface area contributed by atoms with Gasteiger partial charge in [-0.25, -0.2) is 17.6 Å². The van der Waals surface area contributed by atoms with E-state index in [1.807, 2.05) is 0 Å². The first-order valence-electron chi connectivity index (χ1n) is 5.69. The Labute approximate surface area is 120 Å². The molecular weight excluding hydrogens is 301 g/mol. The third-order valence-electron chi connectivity index (χ3n) is 2.70. The van der Waals surface area contributed by atoms with Gasteiger partial charge in [0, 0.05) is 0 Å². The highest BCUT2D eigenvalue weighted by Crippen LogP contribution is 2.20. The second-order valence-electron chi connectivity index (χ2n) is 4.06. The summed E-state index contributed by atoms with van der Waals surface area (Å²) in [5, 5.41) is 9.51. The van der Waals surface area contributed by atoms with Crippen LogP contribution in [0.15, 0.2) is 23.1 Å². The monoisotopic (exact) mass is 313 g/mol. The van der Waals surface area contributed by atoms with E-state index in [1.165, 1.54) is 0 Å². The molecule has 0 saturated carbocycles. The van der Waals surface area contributed by atoms with Gasteiger partial charge in [0.1, 0.15) is 11.1 Å². The molecule has 8 heteroatoms. The molecule has 0 radical (unpaired) electrons. The van der Waals surface area contributed by atoms with Crippen LogP contribution < -0.4 is 5.32 Å². The standard InChI is InChI=1S/C13H12FNO5S/c1-3-6-15-12(16)8(2)21(19,20)9-4-5-11(14)10(7-9)13(17)18/h1,4-5,7-8H,6H2,2H3,(H,15,16)(H,17,18). The van der Waals surface area contributed by atoms with Gasteiger partial charge in [0.15, 0.2) is 9.84 Å². The molecule has 0 saturated heterocycles. The Balaban J connectivity index is 3.20. The molecule has 1 amide bonds. The average molecular weight is 313 g/mol. The molecule has 6 nitrogen and oxygen atoms in total. The quantitative estimate of drug-likeness (QED) is 0.607. The third kappa shape index (κ3) is 3.58. The SMILES string of the molecule is C#CCNC(=O)C(C)S(=O)(=O)c1ccc(F)c(C(=O)O)c1. The number of carbonyl (C=O) groups is 2. The predicted octanol–water partition coefficient (Wildman–Crippen LogP) is 0.435. The molecular formula is C13H12FNO5S. The Bertz CT molecular complexity index is 721. The van der Waals surface area contributed by atoms with Gasteiger partial charge in [0.2, 0.25) is 5.91 Å². The molecule has 0 heterocycles. The van der Waals surface area contributed by atoms with E-state index < -0.39 is 43.2 Å². The number of amides is 1. The summed E-state index contributed by atoms with van der Waals surface area (Å²) in [4.78, 5) is 22.0. The van der Waals surface area contributed by atoms with E-state index in [0.717, 1.165) is 19.1 Å². The number of carboxylic acids is 1. The molecule has 112 valence electrons. The lowest BCUT2D eigenvalue weighted by molar-refractivity contribution is -0.120. The fourth-order valence-electron chi connectivity index (χ4n) is 1.47. The zero-order chi connectivity index (χ0) is 16.2. The van der Waals surface area contributed by atoms with Crippen LogP contribution in [0.2, 0.25) is 0 Å². The molecule has 0 aliphatic carbocycles. The first kappa shape index (κ1) is 16.7. The third-order valence-corrected chi connectivity index (χ3v) is 4.75. The van der Waals surface area contributed by atoms with E-state index in [-0.39, 0.29) is 6.54 Å². The fraction of sp³-hybridized carbons (Fsp3) is 0.231. The molecule has 1 unspecified atom stereocenters. The highest BCUT2D eigenvalue weighted by Gasteiger charge is 2.30. The van der Waals surface area contributed by atoms with Crippen molar-refractivity contribution in [2.45, 2.75) is 17.1 Å². The van der Waals surface area contributed by atoms with Crippen LogP contribution in [0.1, 0.15) is 17.3 Å². The summed E-state index contributed by atoms with van der Waals surface area (Å²) in [6.07, 6.45) is 4.95. The van der Waals surface area contributed by atoms with Crippen LogP contribution in [0.4, 0.5) is 4.39 Å². The largest absolute Gasteiger partial charge is 0.478 e. The maximum Gasteiger partial charge on any atom is 0.338 e. The average Bonchev–Trinajstić information content (AvgIpc) is 2.43. The lowest BCUT2D eigenvalue weighted by atomic mass is 10.2. The summed E-state index contributed by atoms with van der Waals surface area (Å²) >= 11 is 0. The number of benzene rings is 1. The van der Waals surface area contributed by atoms with Crippen molar-refractivity contribution >= 4 is 21.7 Å². The smallest absolute Gasteiger partial charge is 0.338 e. The van der Waals surface area contributed by atoms with Crippen LogP contribution in [0.25, 0.3) is 0 Å². The highest BCUT2D eigenvalue weighted by atomic mass is 32.2. The van der Waals surface area contributed by atoms with Crippen molar-refractivity contribution in [3.05, 3.63) is 29.6 Å². The van der Waals surface area contributed by atoms with Gasteiger partial charge in [-0.15, -0.1) is 6.42 Å². The Hall–Kier alpha value is -2.40. The van der Waals surface area contributed by atoms with E-state index in [1.54, 1.807) is 0 Å². The fourth-order valence-corrected chi connectivity index (χ4v) is 2.79. The van der Waals surface area contributed by atoms with Crippen LogP contribution in [0.5, 0.6) is 0 Å². The zero-order valence-corrected chi connectivity index (χ0v) is 11.8. The molecule has 1 aromatic rings. The molecule has 0 aliphatic rings. The zero-order valence-electron chi connectivity index (χ0n) is 11.0. The number of carbonyl (C=O) groups excluding carboxylic acids is 1. The number of hydrogen-bond donors (Lipinski definition) is 2. The van der Waals surface area contributed by atoms with Gasteiger partial charge in [0.25, 0.3) is 0 Å². The van der Waals surface area contributed by atoms with Crippen molar-refractivity contribution in [3.8, 4) is 12.3 Å². The van der Waals surface area contributed by atoms with Gasteiger partial charge in [-0.3, -0.25) is 4.79 Å². The summed E-state index contributed by atoms with van der Waals surface area (Å²) in [6.45, 7) is 0.994. The number of nitrogens with one attached hydrogen (secondary N) is 1. The number of carboxylic acid groups (broad SMARTS) is 1. The minimum absolute atomic E-state index is 0.136. The highest BCUT2D eigenvalue weighted by molar-refractivity contribution is 7.92. The second-order valence-corrected chi connectivity index (χ2v) is 6.32. The maximum absolute atomic E-state index is 13.3. The van der Waals surface area contributed by atoms with Crippen LogP contribution >= 0.6 is 0 Å². The normalized spacial score (nSPS) is 12.2. The number of sulfone groups is 1. The summed E-state index contributed by atoms with van der Waals surface area (Å²) in [5.74, 6) is -1.37. The van der Waals surface area contributed by atoms with Gasteiger partial charge in [-0.1, -0.05) is 5.92 Å². The number of halogens is 1. The second kappa shape index (κ2) is 6.37. The Morgan fingerprint density at radius 3 is 2.62 bits per heavy atom. The van der Waals surface area contributed by atoms with E-state index in [2.05, 4.69) is 11.2 Å². The summed E-state index contributed by atoms with van der Waals surface area (Å²) in [6, 6.07) is 2.31. The number of hydrogen-bond acceptors (Lipinski definition) is 4. The molecule has 21 heavy (non-hydrogen) atoms. The van der Waals surface area contributed by atoms with E-state index in [4.69, 9.17) is 11.5 Å². The first-order chi connectivity index (χ1) is 9.71. The van der Waals surface area contributed by atoms with Gasteiger partial charge in [0.05, 0.1) is 17.0 Å². The molecule has 0 fully saturated rings. The molecule has 1 aromatic carbocycles. The van der Waals surface area contributed by atoms with Crippen LogP contribution in [-0.2, 0) is 14.6 Å². The van der Waals surface area contributed by atoms with E-state index in [9.17, 15) is 22.4 Å². The predicted molar refractivity (Wildman–Crippen MR) is 71.8 cm³/mol. The lowest BCUT2D eigenvalue weighted by Crippen LogP contribution is -2.38. The van der Waals surface area contributed by atoms with E-state index >= 15 is 0 Å². The van der Waals surface area contributed by atoms with Gasteiger partial charge in [-0.2, -0.15) is 0 Å². The van der Waals surface area contributed by atoms with Crippen molar-refractivity contribution in [3.63, 3.8) is 0 Å². The topological polar surface area (TPSA) is 101 Å². The molecule has 2 N–H and O–H groups in total. The Morgan fingerprint density at radius 2 is 2.10 bits per heavy atom. The molecule has 0 aromatic heterocycles. The van der Waals surface area contributed by atoms with Crippen molar-refractivity contribution < 1.29 is 27.5 Å². The Kier molecular flexibility index (Phi) is 5.05. The van der Waals surface area contributed by atoms with Crippen molar-refractivity contribution in [1.82, 2.24) is 5.32 Å². The van der Waals surface area contributed by atoms with Crippen molar-refractivity contribution in [2.75, 3.05) is 6.54 Å². The Morgan fingerprint density at radius 1 is 1.48 bits per heavy atom. The van der Waals surface area contributed by atoms with Gasteiger partial charge >= 0.3 is 5.97 Å². The van der Waals surface area contributed by atoms with Gasteiger partial charge in [-0.05, 0) is 25.1 Å². The molecule has 0 bridgehead atoms.